The zero-order valence-electron chi connectivity index (χ0n) is 44.8. The molecule has 424 valence electrons. The van der Waals surface area contributed by atoms with Crippen molar-refractivity contribution >= 4 is 47.0 Å². The molecule has 2 aliphatic rings. The van der Waals surface area contributed by atoms with E-state index in [1.54, 1.807) is 101 Å². The molecule has 2 aliphatic heterocycles. The quantitative estimate of drug-likeness (QED) is 0.0791. The van der Waals surface area contributed by atoms with Crippen LogP contribution in [-0.4, -0.2) is 190 Å². The minimum Gasteiger partial charge on any atom is -0.486 e. The van der Waals surface area contributed by atoms with Crippen LogP contribution in [-0.2, 0) is 9.59 Å². The smallest absolute Gasteiger partial charge is 0.329 e. The van der Waals surface area contributed by atoms with E-state index < -0.39 is 49.6 Å². The van der Waals surface area contributed by atoms with Crippen LogP contribution in [0.2, 0.25) is 0 Å². The van der Waals surface area contributed by atoms with Crippen molar-refractivity contribution in [2.45, 2.75) is 37.4 Å². The molecule has 25 nitrogen and oxygen atoms in total. The zero-order valence-corrected chi connectivity index (χ0v) is 44.8. The number of carboxylic acid groups (broad SMARTS) is 1. The zero-order chi connectivity index (χ0) is 58.8. The summed E-state index contributed by atoms with van der Waals surface area (Å²) in [6.07, 6.45) is -0.539. The minimum absolute atomic E-state index is 0.161. The molecule has 6 N–H and O–H groups in total. The van der Waals surface area contributed by atoms with E-state index in [4.69, 9.17) is 39.1 Å². The maximum absolute atomic E-state index is 14.7. The number of carbonyl (C=O) groups excluding carboxylic acids is 3. The fourth-order valence-electron chi connectivity index (χ4n) is 7.93. The van der Waals surface area contributed by atoms with Crippen molar-refractivity contribution in [3.63, 3.8) is 0 Å². The Kier molecular flexibility index (Phi) is 21.5. The molecule has 8 rings (SSSR count). The third-order valence-corrected chi connectivity index (χ3v) is 12.0. The Balaban J connectivity index is 0.000000242. The number of methoxy groups -OCH3 is 2. The number of ether oxygens (including phenoxy) is 4. The van der Waals surface area contributed by atoms with Crippen molar-refractivity contribution < 1.29 is 62.2 Å². The Morgan fingerprint density at radius 1 is 0.679 bits per heavy atom. The molecule has 0 aliphatic carbocycles. The summed E-state index contributed by atoms with van der Waals surface area (Å²) in [6, 6.07) is 24.0. The standard InChI is InChI=1S/C27H28FN7O5.C25H26FN7O3.C2H4O3/c1-34(2)27(38)18-5-7-23(33-26(18)39-3)32-24-11-20(30-15-31-24)16-4-6-21(17(10-16)12-29)40-22-8-9-35(13-19(22)28)25(37)14-36;1-33(2)25(34)17-5-7-22(32-24(17)35-3)31-23-11-19(29-14-30-23)15-4-6-20(16(10-15)12-27)36-21-8-9-28-13-18(21)26;3-1-2(4)5/h4-7,10-11,15,19,22,36H,8-9,13-14H2,1-3H3,(H,30,31,32,33);4-7,10-11,14,18,21,28H,8-9,13H2,1-3H3,(H,29,30,31,32);3H,1H2,(H,4,5)/t19-,22+;18-,21+;/m11./s1. The van der Waals surface area contributed by atoms with Gasteiger partial charge in [-0.3, -0.25) is 14.4 Å². The average molecular weight is 1120 g/mol. The molecule has 4 atom stereocenters. The number of amides is 3. The highest BCUT2D eigenvalue weighted by Gasteiger charge is 2.33. The van der Waals surface area contributed by atoms with Crippen LogP contribution in [0.3, 0.4) is 0 Å². The number of carbonyl (C=O) groups is 4. The molecule has 6 aromatic rings. The minimum atomic E-state index is -1.46. The van der Waals surface area contributed by atoms with E-state index in [0.29, 0.717) is 81.2 Å². The number of hydrogen-bond acceptors (Lipinski definition) is 21. The van der Waals surface area contributed by atoms with Gasteiger partial charge < -0.3 is 64.9 Å². The van der Waals surface area contributed by atoms with Gasteiger partial charge in [-0.1, -0.05) is 0 Å². The Morgan fingerprint density at radius 2 is 1.15 bits per heavy atom. The molecule has 2 fully saturated rings. The van der Waals surface area contributed by atoms with Gasteiger partial charge in [-0.05, 0) is 73.6 Å². The van der Waals surface area contributed by atoms with Crippen LogP contribution >= 0.6 is 0 Å². The van der Waals surface area contributed by atoms with E-state index in [-0.39, 0.29) is 60.9 Å². The van der Waals surface area contributed by atoms with Gasteiger partial charge in [-0.15, -0.1) is 0 Å². The Hall–Kier alpha value is -9.70. The van der Waals surface area contributed by atoms with Crippen LogP contribution in [0.4, 0.5) is 32.1 Å². The third kappa shape index (κ3) is 16.2. The lowest BCUT2D eigenvalue weighted by molar-refractivity contribution is -0.140. The lowest BCUT2D eigenvalue weighted by atomic mass is 10.0. The average Bonchev–Trinajstić information content (AvgIpc) is 3.60. The van der Waals surface area contributed by atoms with Crippen molar-refractivity contribution in [2.24, 2.45) is 0 Å². The molecule has 0 saturated carbocycles. The number of piperidine rings is 2. The van der Waals surface area contributed by atoms with Gasteiger partial charge in [0.1, 0.15) is 102 Å². The predicted octanol–water partition coefficient (Wildman–Crippen LogP) is 4.18. The summed E-state index contributed by atoms with van der Waals surface area (Å²) in [5.41, 5.74) is 3.48. The second-order valence-electron chi connectivity index (χ2n) is 18.1. The first-order valence-corrected chi connectivity index (χ1v) is 24.7. The number of aromatic nitrogens is 6. The molecule has 2 saturated heterocycles. The number of alkyl halides is 2. The van der Waals surface area contributed by atoms with Crippen LogP contribution < -0.4 is 34.9 Å². The van der Waals surface area contributed by atoms with Crippen molar-refractivity contribution in [1.82, 2.24) is 49.9 Å². The number of aliphatic hydroxyl groups is 2. The summed E-state index contributed by atoms with van der Waals surface area (Å²) in [4.78, 5) is 75.3. The molecule has 27 heteroatoms. The molecule has 6 heterocycles. The van der Waals surface area contributed by atoms with E-state index in [2.05, 4.69) is 58.0 Å². The number of rotatable bonds is 16. The van der Waals surface area contributed by atoms with Crippen molar-refractivity contribution in [3.05, 3.63) is 108 Å². The number of aliphatic hydroxyl groups excluding tert-OH is 2. The maximum Gasteiger partial charge on any atom is 0.329 e. The summed E-state index contributed by atoms with van der Waals surface area (Å²) >= 11 is 0. The van der Waals surface area contributed by atoms with Crippen molar-refractivity contribution in [2.75, 3.05) is 92.4 Å². The number of nitrogens with zero attached hydrogens (tertiary/aromatic N) is 11. The highest BCUT2D eigenvalue weighted by atomic mass is 19.1. The summed E-state index contributed by atoms with van der Waals surface area (Å²) in [5.74, 6) is 0.400. The molecule has 81 heavy (non-hydrogen) atoms. The number of nitriles is 2. The van der Waals surface area contributed by atoms with E-state index in [9.17, 15) is 33.7 Å². The lowest BCUT2D eigenvalue weighted by Gasteiger charge is -2.34. The molecule has 3 amide bonds. The van der Waals surface area contributed by atoms with Gasteiger partial charge in [-0.25, -0.2) is 33.5 Å². The van der Waals surface area contributed by atoms with Gasteiger partial charge in [-0.2, -0.15) is 20.5 Å². The van der Waals surface area contributed by atoms with Gasteiger partial charge >= 0.3 is 5.97 Å². The fraction of sp³-hybridized carbons (Fsp3) is 0.333. The molecular weight excluding hydrogens is 1060 g/mol. The third-order valence-electron chi connectivity index (χ3n) is 12.0. The van der Waals surface area contributed by atoms with Crippen LogP contribution in [0.25, 0.3) is 22.5 Å². The second kappa shape index (κ2) is 28.8. The lowest BCUT2D eigenvalue weighted by Crippen LogP contribution is -2.50. The summed E-state index contributed by atoms with van der Waals surface area (Å²) < 4.78 is 51.0. The number of pyridine rings is 2. The van der Waals surface area contributed by atoms with E-state index in [1.165, 1.54) is 41.6 Å². The Bertz CT molecular complexity index is 3290. The van der Waals surface area contributed by atoms with E-state index in [0.717, 1.165) is 0 Å². The molecular formula is C54H58F2N14O11. The summed E-state index contributed by atoms with van der Waals surface area (Å²) in [5, 5.41) is 52.5. The van der Waals surface area contributed by atoms with Crippen LogP contribution in [0.5, 0.6) is 23.3 Å². The maximum atomic E-state index is 14.7. The van der Waals surface area contributed by atoms with E-state index in [1.807, 2.05) is 0 Å². The van der Waals surface area contributed by atoms with Crippen molar-refractivity contribution in [1.29, 1.82) is 10.5 Å². The highest BCUT2D eigenvalue weighted by molar-refractivity contribution is 5.97. The first-order chi connectivity index (χ1) is 38.9. The molecule has 0 bridgehead atoms. The number of benzene rings is 2. The number of halogens is 2. The Morgan fingerprint density at radius 3 is 1.54 bits per heavy atom. The van der Waals surface area contributed by atoms with Gasteiger partial charge in [0, 0.05) is 71.0 Å². The number of likely N-dealkylation sites (tertiary alicyclic amines) is 1. The van der Waals surface area contributed by atoms with Gasteiger partial charge in [0.15, 0.2) is 6.17 Å². The molecule has 0 unspecified atom stereocenters. The first kappa shape index (κ1) is 60.5. The SMILES string of the molecule is COc1nc(Nc2cc(-c3ccc(O[C@H]4CCN(C(=O)CO)C[C@H]4F)c(C#N)c3)ncn2)ccc1C(=O)N(C)C.COc1nc(Nc2cc(-c3ccc(O[C@H]4CCNC[C@H]4F)c(C#N)c3)ncn2)ccc1C(=O)N(C)C.O=C(O)CO. The number of aliphatic carboxylic acids is 1. The summed E-state index contributed by atoms with van der Waals surface area (Å²) in [7, 11) is 9.45. The topological polar surface area (TPSA) is 337 Å². The monoisotopic (exact) mass is 1120 g/mol. The van der Waals surface area contributed by atoms with E-state index >= 15 is 0 Å². The molecule has 0 radical (unpaired) electrons. The number of carboxylic acids is 1. The molecule has 4 aromatic heterocycles. The van der Waals surface area contributed by atoms with Crippen LogP contribution in [0.15, 0.2) is 85.5 Å². The highest BCUT2D eigenvalue weighted by Crippen LogP contribution is 2.32. The Labute approximate surface area is 463 Å². The number of nitrogens with one attached hydrogen (secondary N) is 3. The number of anilines is 4. The fourth-order valence-corrected chi connectivity index (χ4v) is 7.93. The van der Waals surface area contributed by atoms with Gasteiger partial charge in [0.05, 0.1) is 43.3 Å². The molecule has 2 aromatic carbocycles. The normalized spacial score (nSPS) is 16.2. The van der Waals surface area contributed by atoms with Gasteiger partial charge in [0.2, 0.25) is 17.7 Å². The van der Waals surface area contributed by atoms with Gasteiger partial charge in [0.25, 0.3) is 11.8 Å². The first-order valence-electron chi connectivity index (χ1n) is 24.7. The predicted molar refractivity (Wildman–Crippen MR) is 288 cm³/mol. The second-order valence-corrected chi connectivity index (χ2v) is 18.1. The largest absolute Gasteiger partial charge is 0.486 e. The summed E-state index contributed by atoms with van der Waals surface area (Å²) in [6.45, 7) is -0.492. The number of hydrogen-bond donors (Lipinski definition) is 6. The van der Waals surface area contributed by atoms with Crippen molar-refractivity contribution in [3.8, 4) is 57.9 Å². The van der Waals surface area contributed by atoms with Crippen LogP contribution in [0, 0.1) is 22.7 Å². The van der Waals surface area contributed by atoms with Crippen LogP contribution in [0.1, 0.15) is 44.7 Å². The molecule has 0 spiro atoms.